The number of carbonyl (C=O) groups is 2. The molecule has 0 aliphatic carbocycles. The molecule has 0 aromatic heterocycles. The van der Waals surface area contributed by atoms with Crippen LogP contribution in [0.3, 0.4) is 0 Å². The first-order valence-electron chi connectivity index (χ1n) is 6.33. The Hall–Kier alpha value is -2.37. The second-order valence-electron chi connectivity index (χ2n) is 4.12. The van der Waals surface area contributed by atoms with Crippen LogP contribution in [0.25, 0.3) is 0 Å². The van der Waals surface area contributed by atoms with E-state index in [0.717, 1.165) is 5.69 Å². The van der Waals surface area contributed by atoms with Crippen molar-refractivity contribution < 1.29 is 14.3 Å². The van der Waals surface area contributed by atoms with Gasteiger partial charge in [0.05, 0.1) is 18.0 Å². The van der Waals surface area contributed by atoms with Gasteiger partial charge in [-0.3, -0.25) is 10.2 Å². The summed E-state index contributed by atoms with van der Waals surface area (Å²) in [5, 5.41) is 6.62. The Morgan fingerprint density at radius 2 is 1.90 bits per heavy atom. The molecular weight excluding hydrogens is 258 g/mol. The zero-order valence-corrected chi connectivity index (χ0v) is 11.8. The molecule has 0 aliphatic heterocycles. The van der Waals surface area contributed by atoms with Crippen LogP contribution in [-0.2, 0) is 14.3 Å². The van der Waals surface area contributed by atoms with Crippen LogP contribution in [0.1, 0.15) is 20.8 Å². The highest BCUT2D eigenvalue weighted by atomic mass is 16.5. The molecule has 1 unspecified atom stereocenters. The van der Waals surface area contributed by atoms with Crippen molar-refractivity contribution in [1.82, 2.24) is 5.32 Å². The molecule has 1 aromatic carbocycles. The Balaban J connectivity index is 2.78. The first-order valence-corrected chi connectivity index (χ1v) is 6.33. The maximum Gasteiger partial charge on any atom is 0.334 e. The van der Waals surface area contributed by atoms with E-state index in [-0.39, 0.29) is 12.5 Å². The summed E-state index contributed by atoms with van der Waals surface area (Å²) in [5.74, 6) is -0.851. The predicted octanol–water partition coefficient (Wildman–Crippen LogP) is 1.54. The lowest BCUT2D eigenvalue weighted by molar-refractivity contribution is -0.145. The first-order chi connectivity index (χ1) is 9.54. The van der Waals surface area contributed by atoms with Crippen LogP contribution in [-0.4, -0.2) is 30.2 Å². The molecule has 0 bridgehead atoms. The molecule has 0 radical (unpaired) electrons. The molecule has 1 amide bonds. The summed E-state index contributed by atoms with van der Waals surface area (Å²) in [6.45, 7) is 4.93. The molecule has 0 saturated carbocycles. The molecule has 0 aliphatic rings. The second kappa shape index (κ2) is 7.93. The standard InChI is InChI=1S/C14H19N3O3/c1-4-20-14(19)13(15-11(3)18)10(2)16-17-12-8-6-5-7-9-12/h5-9,13,17H,4H2,1-3H3,(H,15,18)/b16-10-. The molecule has 1 aromatic rings. The van der Waals surface area contributed by atoms with Gasteiger partial charge in [-0.1, -0.05) is 18.2 Å². The third-order valence-corrected chi connectivity index (χ3v) is 2.42. The lowest BCUT2D eigenvalue weighted by Gasteiger charge is -2.16. The minimum absolute atomic E-state index is 0.244. The van der Waals surface area contributed by atoms with E-state index in [2.05, 4.69) is 15.8 Å². The monoisotopic (exact) mass is 277 g/mol. The summed E-state index contributed by atoms with van der Waals surface area (Å²) in [7, 11) is 0. The summed E-state index contributed by atoms with van der Waals surface area (Å²) < 4.78 is 4.92. The number of nitrogens with zero attached hydrogens (tertiary/aromatic N) is 1. The molecule has 0 fully saturated rings. The topological polar surface area (TPSA) is 79.8 Å². The quantitative estimate of drug-likeness (QED) is 0.469. The van der Waals surface area contributed by atoms with Crippen LogP contribution >= 0.6 is 0 Å². The SMILES string of the molecule is CCOC(=O)C(NC(C)=O)/C(C)=N\Nc1ccccc1. The van der Waals surface area contributed by atoms with Crippen molar-refractivity contribution in [2.24, 2.45) is 5.10 Å². The average molecular weight is 277 g/mol. The van der Waals surface area contributed by atoms with E-state index in [4.69, 9.17) is 4.74 Å². The van der Waals surface area contributed by atoms with Crippen LogP contribution in [0, 0.1) is 0 Å². The molecule has 6 heteroatoms. The van der Waals surface area contributed by atoms with Crippen LogP contribution in [0.15, 0.2) is 35.4 Å². The number of carbonyl (C=O) groups excluding carboxylic acids is 2. The van der Waals surface area contributed by atoms with E-state index in [1.54, 1.807) is 13.8 Å². The highest BCUT2D eigenvalue weighted by Gasteiger charge is 2.23. The molecule has 0 heterocycles. The number of anilines is 1. The Kier molecular flexibility index (Phi) is 6.22. The van der Waals surface area contributed by atoms with E-state index in [0.29, 0.717) is 5.71 Å². The smallest absolute Gasteiger partial charge is 0.334 e. The number of amides is 1. The van der Waals surface area contributed by atoms with Crippen molar-refractivity contribution in [2.45, 2.75) is 26.8 Å². The van der Waals surface area contributed by atoms with Crippen molar-refractivity contribution >= 4 is 23.3 Å². The summed E-state index contributed by atoms with van der Waals surface area (Å²) >= 11 is 0. The fraction of sp³-hybridized carbons (Fsp3) is 0.357. The number of para-hydroxylation sites is 1. The molecule has 0 spiro atoms. The number of ether oxygens (including phenoxy) is 1. The fourth-order valence-corrected chi connectivity index (χ4v) is 1.49. The van der Waals surface area contributed by atoms with Gasteiger partial charge in [0, 0.05) is 6.92 Å². The lowest BCUT2D eigenvalue weighted by atomic mass is 10.2. The van der Waals surface area contributed by atoms with Crippen LogP contribution in [0.2, 0.25) is 0 Å². The zero-order chi connectivity index (χ0) is 15.0. The third-order valence-electron chi connectivity index (χ3n) is 2.42. The Morgan fingerprint density at radius 3 is 2.45 bits per heavy atom. The number of hydrogen-bond donors (Lipinski definition) is 2. The minimum atomic E-state index is -0.885. The first kappa shape index (κ1) is 15.7. The number of hydrogen-bond acceptors (Lipinski definition) is 5. The van der Waals surface area contributed by atoms with Gasteiger partial charge < -0.3 is 10.1 Å². The average Bonchev–Trinajstić information content (AvgIpc) is 2.43. The summed E-state index contributed by atoms with van der Waals surface area (Å²) in [6, 6.07) is 8.42. The van der Waals surface area contributed by atoms with E-state index in [9.17, 15) is 9.59 Å². The van der Waals surface area contributed by atoms with Gasteiger partial charge in [0.2, 0.25) is 5.91 Å². The van der Waals surface area contributed by atoms with Gasteiger partial charge in [-0.2, -0.15) is 5.10 Å². The molecule has 6 nitrogen and oxygen atoms in total. The van der Waals surface area contributed by atoms with E-state index in [1.807, 2.05) is 30.3 Å². The van der Waals surface area contributed by atoms with Gasteiger partial charge in [0.15, 0.2) is 6.04 Å². The fourth-order valence-electron chi connectivity index (χ4n) is 1.49. The molecule has 0 saturated heterocycles. The van der Waals surface area contributed by atoms with Crippen LogP contribution in [0.4, 0.5) is 5.69 Å². The van der Waals surface area contributed by atoms with E-state index < -0.39 is 12.0 Å². The highest BCUT2D eigenvalue weighted by Crippen LogP contribution is 2.05. The number of benzene rings is 1. The molecule has 2 N–H and O–H groups in total. The number of rotatable bonds is 6. The molecule has 1 atom stereocenters. The van der Waals surface area contributed by atoms with Gasteiger partial charge in [-0.15, -0.1) is 0 Å². The van der Waals surface area contributed by atoms with Gasteiger partial charge in [-0.05, 0) is 26.0 Å². The van der Waals surface area contributed by atoms with Crippen LogP contribution < -0.4 is 10.7 Å². The normalized spacial score (nSPS) is 12.4. The lowest BCUT2D eigenvalue weighted by Crippen LogP contribution is -2.46. The van der Waals surface area contributed by atoms with Gasteiger partial charge in [0.1, 0.15) is 0 Å². The maximum atomic E-state index is 11.8. The Morgan fingerprint density at radius 1 is 1.25 bits per heavy atom. The van der Waals surface area contributed by atoms with Crippen molar-refractivity contribution in [3.05, 3.63) is 30.3 Å². The van der Waals surface area contributed by atoms with Crippen LogP contribution in [0.5, 0.6) is 0 Å². The zero-order valence-electron chi connectivity index (χ0n) is 11.8. The Labute approximate surface area is 118 Å². The van der Waals surface area contributed by atoms with Crippen molar-refractivity contribution in [3.8, 4) is 0 Å². The van der Waals surface area contributed by atoms with Crippen molar-refractivity contribution in [1.29, 1.82) is 0 Å². The third kappa shape index (κ3) is 5.09. The number of esters is 1. The maximum absolute atomic E-state index is 11.8. The van der Waals surface area contributed by atoms with Crippen molar-refractivity contribution in [3.63, 3.8) is 0 Å². The Bertz CT molecular complexity index is 486. The van der Waals surface area contributed by atoms with Gasteiger partial charge in [-0.25, -0.2) is 4.79 Å². The van der Waals surface area contributed by atoms with Gasteiger partial charge >= 0.3 is 5.97 Å². The van der Waals surface area contributed by atoms with E-state index in [1.165, 1.54) is 6.92 Å². The summed E-state index contributed by atoms with van der Waals surface area (Å²) in [5.41, 5.74) is 4.03. The summed E-state index contributed by atoms with van der Waals surface area (Å²) in [4.78, 5) is 22.9. The van der Waals surface area contributed by atoms with Gasteiger partial charge in [0.25, 0.3) is 0 Å². The van der Waals surface area contributed by atoms with E-state index >= 15 is 0 Å². The largest absolute Gasteiger partial charge is 0.464 e. The molecule has 108 valence electrons. The number of nitrogens with one attached hydrogen (secondary N) is 2. The minimum Gasteiger partial charge on any atom is -0.464 e. The number of hydrazone groups is 1. The molecule has 1 rings (SSSR count). The summed E-state index contributed by atoms with van der Waals surface area (Å²) in [6.07, 6.45) is 0. The predicted molar refractivity (Wildman–Crippen MR) is 77.4 cm³/mol. The molecular formula is C14H19N3O3. The highest BCUT2D eigenvalue weighted by molar-refractivity contribution is 6.07. The molecule has 20 heavy (non-hydrogen) atoms. The van der Waals surface area contributed by atoms with Crippen molar-refractivity contribution in [2.75, 3.05) is 12.0 Å². The second-order valence-corrected chi connectivity index (χ2v) is 4.12.